The van der Waals surface area contributed by atoms with Gasteiger partial charge < -0.3 is 54.9 Å². The molecule has 1 heterocycles. The van der Waals surface area contributed by atoms with Gasteiger partial charge >= 0.3 is 0 Å². The fraction of sp³-hybridized carbons (Fsp3) is 0.958. The Morgan fingerprint density at radius 2 is 1.53 bits per heavy atom. The van der Waals surface area contributed by atoms with Gasteiger partial charge in [0.1, 0.15) is 43.4 Å². The largest absolute Gasteiger partial charge is 0.394 e. The van der Waals surface area contributed by atoms with Crippen molar-refractivity contribution in [3.8, 4) is 0 Å². The van der Waals surface area contributed by atoms with E-state index in [2.05, 4.69) is 12.2 Å². The van der Waals surface area contributed by atoms with Crippen LogP contribution in [0.1, 0.15) is 64.7 Å². The quantitative estimate of drug-likeness (QED) is 0.0731. The van der Waals surface area contributed by atoms with Crippen LogP contribution in [0.25, 0.3) is 0 Å². The molecule has 1 aliphatic rings. The van der Waals surface area contributed by atoms with Gasteiger partial charge in [-0.25, -0.2) is 0 Å². The van der Waals surface area contributed by atoms with Gasteiger partial charge in [0.25, 0.3) is 0 Å². The highest BCUT2D eigenvalue weighted by Gasteiger charge is 2.45. The molecule has 1 aliphatic heterocycles. The van der Waals surface area contributed by atoms with Crippen molar-refractivity contribution in [3.05, 3.63) is 0 Å². The standard InChI is InChI=1S/C24H47NO11/c1-2-3-4-5-6-7-8-9-10-20(29)25-11-12-33-16-34-17(13-26)18(14-27)35-24-23(32)22(31)21(30)19(15-28)36-24/h17-19,21-24,26-28,30-32H,2-16H2,1H3,(H,25,29)/t17?,18-,19?,21+,22?,23-,24?/m1/s1. The van der Waals surface area contributed by atoms with E-state index in [1.165, 1.54) is 32.1 Å². The second kappa shape index (κ2) is 20.1. The first kappa shape index (κ1) is 33.1. The number of hydrogen-bond donors (Lipinski definition) is 7. The maximum atomic E-state index is 11.9. The van der Waals surface area contributed by atoms with Gasteiger partial charge in [0.2, 0.25) is 5.91 Å². The van der Waals surface area contributed by atoms with Crippen LogP contribution < -0.4 is 5.32 Å². The summed E-state index contributed by atoms with van der Waals surface area (Å²) >= 11 is 0. The molecule has 214 valence electrons. The first-order valence-electron chi connectivity index (χ1n) is 13.0. The van der Waals surface area contributed by atoms with Crippen LogP contribution in [0.15, 0.2) is 0 Å². The lowest BCUT2D eigenvalue weighted by Gasteiger charge is -2.41. The van der Waals surface area contributed by atoms with Crippen LogP contribution in [0.2, 0.25) is 0 Å². The molecular formula is C24H47NO11. The van der Waals surface area contributed by atoms with Crippen molar-refractivity contribution in [1.82, 2.24) is 5.32 Å². The number of amides is 1. The molecule has 12 nitrogen and oxygen atoms in total. The molecule has 1 fully saturated rings. The molecular weight excluding hydrogens is 478 g/mol. The molecule has 0 bridgehead atoms. The average molecular weight is 526 g/mol. The summed E-state index contributed by atoms with van der Waals surface area (Å²) in [5, 5.41) is 61.0. The summed E-state index contributed by atoms with van der Waals surface area (Å²) in [5.74, 6) is -0.0352. The van der Waals surface area contributed by atoms with E-state index in [9.17, 15) is 35.4 Å². The van der Waals surface area contributed by atoms with Crippen LogP contribution in [0.3, 0.4) is 0 Å². The van der Waals surface area contributed by atoms with Gasteiger partial charge in [-0.1, -0.05) is 51.9 Å². The first-order chi connectivity index (χ1) is 17.4. The number of nitrogens with one attached hydrogen (secondary N) is 1. The predicted molar refractivity (Wildman–Crippen MR) is 129 cm³/mol. The van der Waals surface area contributed by atoms with E-state index in [-0.39, 0.29) is 19.3 Å². The Labute approximate surface area is 213 Å². The fourth-order valence-electron chi connectivity index (χ4n) is 3.84. The van der Waals surface area contributed by atoms with E-state index in [1.54, 1.807) is 0 Å². The Bertz CT molecular complexity index is 554. The minimum Gasteiger partial charge on any atom is -0.394 e. The Balaban J connectivity index is 2.21. The van der Waals surface area contributed by atoms with Gasteiger partial charge in [-0.15, -0.1) is 0 Å². The second-order valence-corrected chi connectivity index (χ2v) is 9.04. The van der Waals surface area contributed by atoms with Gasteiger partial charge in [0, 0.05) is 13.0 Å². The lowest BCUT2D eigenvalue weighted by Crippen LogP contribution is -2.60. The lowest BCUT2D eigenvalue weighted by molar-refractivity contribution is -0.323. The van der Waals surface area contributed by atoms with E-state index in [4.69, 9.17) is 18.9 Å². The molecule has 0 radical (unpaired) electrons. The summed E-state index contributed by atoms with van der Waals surface area (Å²) in [7, 11) is 0. The molecule has 1 saturated heterocycles. The normalized spacial score (nSPS) is 26.0. The number of aliphatic hydroxyl groups excluding tert-OH is 6. The Morgan fingerprint density at radius 1 is 0.889 bits per heavy atom. The number of carbonyl (C=O) groups is 1. The molecule has 0 spiro atoms. The minimum absolute atomic E-state index is 0.0352. The van der Waals surface area contributed by atoms with Crippen molar-refractivity contribution in [2.75, 3.05) is 39.8 Å². The van der Waals surface area contributed by atoms with E-state index in [0.717, 1.165) is 19.3 Å². The summed E-state index contributed by atoms with van der Waals surface area (Å²) in [6.45, 7) is 0.621. The van der Waals surface area contributed by atoms with E-state index in [1.807, 2.05) is 0 Å². The molecule has 0 saturated carbocycles. The summed E-state index contributed by atoms with van der Waals surface area (Å²) in [6, 6.07) is 0. The zero-order valence-corrected chi connectivity index (χ0v) is 21.4. The van der Waals surface area contributed by atoms with Gasteiger partial charge in [-0.2, -0.15) is 0 Å². The molecule has 0 aromatic heterocycles. The highest BCUT2D eigenvalue weighted by molar-refractivity contribution is 5.75. The third-order valence-corrected chi connectivity index (χ3v) is 6.12. The summed E-state index contributed by atoms with van der Waals surface area (Å²) in [6.07, 6.45) is 0.118. The highest BCUT2D eigenvalue weighted by atomic mass is 16.7. The molecule has 1 amide bonds. The summed E-state index contributed by atoms with van der Waals surface area (Å²) in [5.41, 5.74) is 0. The van der Waals surface area contributed by atoms with Crippen molar-refractivity contribution in [3.63, 3.8) is 0 Å². The van der Waals surface area contributed by atoms with E-state index in [0.29, 0.717) is 13.0 Å². The summed E-state index contributed by atoms with van der Waals surface area (Å²) in [4.78, 5) is 11.9. The van der Waals surface area contributed by atoms with Crippen LogP contribution in [0.5, 0.6) is 0 Å². The monoisotopic (exact) mass is 525 g/mol. The highest BCUT2D eigenvalue weighted by Crippen LogP contribution is 2.24. The predicted octanol–water partition coefficient (Wildman–Crippen LogP) is -0.838. The molecule has 7 atom stereocenters. The Morgan fingerprint density at radius 3 is 2.14 bits per heavy atom. The van der Waals surface area contributed by atoms with Crippen LogP contribution in [-0.2, 0) is 23.7 Å². The summed E-state index contributed by atoms with van der Waals surface area (Å²) < 4.78 is 21.4. The number of carbonyl (C=O) groups excluding carboxylic acids is 1. The minimum atomic E-state index is -1.65. The topological polar surface area (TPSA) is 187 Å². The zero-order chi connectivity index (χ0) is 26.8. The van der Waals surface area contributed by atoms with E-state index < -0.39 is 62.7 Å². The third kappa shape index (κ3) is 12.5. The van der Waals surface area contributed by atoms with Crippen molar-refractivity contribution in [2.45, 2.75) is 108 Å². The van der Waals surface area contributed by atoms with Crippen LogP contribution >= 0.6 is 0 Å². The SMILES string of the molecule is CCCCCCCCCCC(=O)NCCOCOC(CO)[C@@H](CO)OC1OC(CO)[C@H](O)C(O)[C@H]1O. The first-order valence-corrected chi connectivity index (χ1v) is 13.0. The number of rotatable bonds is 21. The Kier molecular flexibility index (Phi) is 18.5. The number of unbranched alkanes of at least 4 members (excludes halogenated alkanes) is 7. The third-order valence-electron chi connectivity index (χ3n) is 6.12. The molecule has 4 unspecified atom stereocenters. The molecule has 36 heavy (non-hydrogen) atoms. The van der Waals surface area contributed by atoms with Gasteiger partial charge in [0.05, 0.1) is 26.4 Å². The molecule has 1 rings (SSSR count). The van der Waals surface area contributed by atoms with Gasteiger partial charge in [-0.05, 0) is 6.42 Å². The molecule has 0 aromatic rings. The lowest BCUT2D eigenvalue weighted by atomic mass is 9.99. The Hall–Kier alpha value is -0.930. The van der Waals surface area contributed by atoms with Crippen molar-refractivity contribution in [1.29, 1.82) is 0 Å². The second-order valence-electron chi connectivity index (χ2n) is 9.04. The van der Waals surface area contributed by atoms with Crippen LogP contribution in [0, 0.1) is 0 Å². The number of hydrogen-bond acceptors (Lipinski definition) is 11. The average Bonchev–Trinajstić information content (AvgIpc) is 2.88. The smallest absolute Gasteiger partial charge is 0.220 e. The van der Waals surface area contributed by atoms with Crippen molar-refractivity contribution in [2.24, 2.45) is 0 Å². The number of aliphatic hydroxyl groups is 6. The maximum absolute atomic E-state index is 11.9. The zero-order valence-electron chi connectivity index (χ0n) is 21.4. The van der Waals surface area contributed by atoms with Gasteiger partial charge in [-0.3, -0.25) is 4.79 Å². The fourth-order valence-corrected chi connectivity index (χ4v) is 3.84. The molecule has 0 aromatic carbocycles. The van der Waals surface area contributed by atoms with Gasteiger partial charge in [0.15, 0.2) is 6.29 Å². The molecule has 0 aliphatic carbocycles. The van der Waals surface area contributed by atoms with E-state index >= 15 is 0 Å². The van der Waals surface area contributed by atoms with Crippen molar-refractivity contribution >= 4 is 5.91 Å². The molecule has 12 heteroatoms. The number of ether oxygens (including phenoxy) is 4. The van der Waals surface area contributed by atoms with Crippen LogP contribution in [-0.4, -0.2) is 119 Å². The van der Waals surface area contributed by atoms with Crippen molar-refractivity contribution < 1.29 is 54.4 Å². The molecule has 7 N–H and O–H groups in total. The maximum Gasteiger partial charge on any atom is 0.220 e. The van der Waals surface area contributed by atoms with Crippen LogP contribution in [0.4, 0.5) is 0 Å².